The maximum Gasteiger partial charge on any atom is 0.313 e. The summed E-state index contributed by atoms with van der Waals surface area (Å²) in [7, 11) is 0. The van der Waals surface area contributed by atoms with Crippen molar-refractivity contribution in [3.63, 3.8) is 0 Å². The third-order valence-electron chi connectivity index (χ3n) is 3.46. The quantitative estimate of drug-likeness (QED) is 0.200. The van der Waals surface area contributed by atoms with Gasteiger partial charge in [0.1, 0.15) is 12.2 Å². The minimum Gasteiger partial charge on any atom is -0.466 e. The van der Waals surface area contributed by atoms with E-state index in [1.807, 2.05) is 13.8 Å². The van der Waals surface area contributed by atoms with Crippen LogP contribution in [0.4, 0.5) is 0 Å². The molecule has 0 bridgehead atoms. The summed E-state index contributed by atoms with van der Waals surface area (Å²) in [6.07, 6.45) is 5.83. The van der Waals surface area contributed by atoms with Crippen LogP contribution in [-0.4, -0.2) is 42.6 Å². The Morgan fingerprint density at radius 3 is 2.25 bits per heavy atom. The molecule has 0 aliphatic heterocycles. The van der Waals surface area contributed by atoms with Crippen molar-refractivity contribution in [2.75, 3.05) is 13.2 Å². The van der Waals surface area contributed by atoms with Gasteiger partial charge < -0.3 is 4.74 Å². The van der Waals surface area contributed by atoms with Crippen molar-refractivity contribution in [3.05, 3.63) is 0 Å². The molecule has 0 heterocycles. The Bertz CT molecular complexity index is 475. The topological polar surface area (TPSA) is 102 Å². The second-order valence-corrected chi connectivity index (χ2v) is 5.91. The number of nitrogens with zero attached hydrogens (tertiary/aromatic N) is 2. The molecule has 0 rings (SSSR count). The predicted molar refractivity (Wildman–Crippen MR) is 90.1 cm³/mol. The minimum atomic E-state index is -0.440. The summed E-state index contributed by atoms with van der Waals surface area (Å²) < 4.78 is 4.49. The average Bonchev–Trinajstić information content (AvgIpc) is 2.46. The number of aliphatic imine (C=N–C) groups is 2. The molecule has 0 N–H and O–H groups in total. The fourth-order valence-electron chi connectivity index (χ4n) is 1.68. The molecule has 24 heavy (non-hydrogen) atoms. The standard InChI is InChI=1S/C11H18N2O2.C6H10O3/c1-10(11(2,3)13-9-15)6-4-5-7-12-8-14;1-3-9-6(8)4-5(2)7/h10H,4-7H2,1-3H3;3-4H2,1-2H3. The van der Waals surface area contributed by atoms with E-state index in [1.165, 1.54) is 13.0 Å². The van der Waals surface area contributed by atoms with Gasteiger partial charge in [-0.15, -0.1) is 0 Å². The Labute approximate surface area is 143 Å². The van der Waals surface area contributed by atoms with Crippen molar-refractivity contribution < 1.29 is 23.9 Å². The summed E-state index contributed by atoms with van der Waals surface area (Å²) in [6.45, 7) is 9.84. The van der Waals surface area contributed by atoms with Crippen LogP contribution in [0.2, 0.25) is 0 Å². The largest absolute Gasteiger partial charge is 0.466 e. The first-order valence-electron chi connectivity index (χ1n) is 7.98. The number of esters is 1. The number of rotatable bonds is 10. The van der Waals surface area contributed by atoms with Crippen LogP contribution in [0.3, 0.4) is 0 Å². The lowest BCUT2D eigenvalue weighted by atomic mass is 9.86. The molecule has 7 heteroatoms. The van der Waals surface area contributed by atoms with Crippen molar-refractivity contribution in [1.82, 2.24) is 0 Å². The van der Waals surface area contributed by atoms with Crippen LogP contribution in [0.5, 0.6) is 0 Å². The zero-order chi connectivity index (χ0) is 19.0. The predicted octanol–water partition coefficient (Wildman–Crippen LogP) is 2.77. The summed E-state index contributed by atoms with van der Waals surface area (Å²) in [4.78, 5) is 47.9. The first-order chi connectivity index (χ1) is 11.2. The number of hydrogen-bond acceptors (Lipinski definition) is 7. The van der Waals surface area contributed by atoms with E-state index in [2.05, 4.69) is 21.6 Å². The van der Waals surface area contributed by atoms with E-state index >= 15 is 0 Å². The minimum absolute atomic E-state index is 0.103. The van der Waals surface area contributed by atoms with Gasteiger partial charge in [0.05, 0.1) is 18.7 Å². The molecule has 1 atom stereocenters. The van der Waals surface area contributed by atoms with E-state index < -0.39 is 5.97 Å². The van der Waals surface area contributed by atoms with E-state index in [0.29, 0.717) is 19.1 Å². The zero-order valence-electron chi connectivity index (χ0n) is 15.3. The van der Waals surface area contributed by atoms with E-state index in [1.54, 1.807) is 13.0 Å². The lowest BCUT2D eigenvalue weighted by molar-refractivity contribution is -0.145. The maximum absolute atomic E-state index is 10.4. The first-order valence-corrected chi connectivity index (χ1v) is 7.98. The Hall–Kier alpha value is -2.10. The van der Waals surface area contributed by atoms with Crippen LogP contribution in [-0.2, 0) is 23.9 Å². The number of ketones is 1. The molecule has 0 aliphatic carbocycles. The Morgan fingerprint density at radius 2 is 1.79 bits per heavy atom. The first kappa shape index (κ1) is 24.2. The molecule has 0 spiro atoms. The summed E-state index contributed by atoms with van der Waals surface area (Å²) in [5.41, 5.74) is -0.352. The number of ether oxygens (including phenoxy) is 1. The molecule has 0 saturated heterocycles. The normalized spacial score (nSPS) is 11.0. The third-order valence-corrected chi connectivity index (χ3v) is 3.46. The van der Waals surface area contributed by atoms with Gasteiger partial charge in [0.25, 0.3) is 0 Å². The number of isocyanates is 2. The number of Topliss-reactive ketones (excluding diaryl/α,β-unsaturated/α-hetero) is 1. The SMILES string of the molecule is CC(CCCCN=C=O)C(C)(C)N=C=O.CCOC(=O)CC(C)=O. The molecular formula is C17H28N2O5. The summed E-state index contributed by atoms with van der Waals surface area (Å²) in [6, 6.07) is 0. The van der Waals surface area contributed by atoms with Crippen LogP contribution < -0.4 is 0 Å². The Balaban J connectivity index is 0. The zero-order valence-corrected chi connectivity index (χ0v) is 15.3. The summed E-state index contributed by atoms with van der Waals surface area (Å²) in [5, 5.41) is 0. The molecule has 0 aromatic heterocycles. The molecule has 7 nitrogen and oxygen atoms in total. The Kier molecular flexibility index (Phi) is 14.6. The lowest BCUT2D eigenvalue weighted by Gasteiger charge is -2.25. The van der Waals surface area contributed by atoms with Crippen molar-refractivity contribution in [2.45, 2.75) is 65.8 Å². The van der Waals surface area contributed by atoms with Crippen LogP contribution in [0, 0.1) is 5.92 Å². The number of unbranched alkanes of at least 4 members (excludes halogenated alkanes) is 1. The van der Waals surface area contributed by atoms with Crippen LogP contribution in [0.15, 0.2) is 9.98 Å². The number of carbonyl (C=O) groups excluding carboxylic acids is 4. The highest BCUT2D eigenvalue weighted by Gasteiger charge is 2.24. The molecule has 0 amide bonds. The summed E-state index contributed by atoms with van der Waals surface area (Å²) in [5.74, 6) is -0.280. The van der Waals surface area contributed by atoms with Gasteiger partial charge in [-0.3, -0.25) is 9.59 Å². The van der Waals surface area contributed by atoms with Crippen molar-refractivity contribution in [3.8, 4) is 0 Å². The molecule has 0 aliphatic rings. The lowest BCUT2D eigenvalue weighted by Crippen LogP contribution is -2.26. The second-order valence-electron chi connectivity index (χ2n) is 5.91. The molecule has 136 valence electrons. The van der Waals surface area contributed by atoms with Crippen molar-refractivity contribution in [1.29, 1.82) is 0 Å². The van der Waals surface area contributed by atoms with Crippen molar-refractivity contribution in [2.24, 2.45) is 15.9 Å². The molecule has 0 aromatic carbocycles. The van der Waals surface area contributed by atoms with Gasteiger partial charge in [-0.05, 0) is 46.5 Å². The van der Waals surface area contributed by atoms with E-state index in [0.717, 1.165) is 19.3 Å². The van der Waals surface area contributed by atoms with Gasteiger partial charge in [-0.25, -0.2) is 14.6 Å². The van der Waals surface area contributed by atoms with Gasteiger partial charge in [0.2, 0.25) is 12.2 Å². The Morgan fingerprint density at radius 1 is 1.17 bits per heavy atom. The maximum atomic E-state index is 10.4. The number of carbonyl (C=O) groups is 2. The van der Waals surface area contributed by atoms with E-state index in [4.69, 9.17) is 0 Å². The third kappa shape index (κ3) is 14.8. The summed E-state index contributed by atoms with van der Waals surface area (Å²) >= 11 is 0. The highest BCUT2D eigenvalue weighted by atomic mass is 16.5. The fraction of sp³-hybridized carbons (Fsp3) is 0.765. The van der Waals surface area contributed by atoms with E-state index in [9.17, 15) is 19.2 Å². The second kappa shape index (κ2) is 14.5. The molecule has 0 fully saturated rings. The van der Waals surface area contributed by atoms with Crippen LogP contribution in [0.1, 0.15) is 60.3 Å². The molecule has 0 radical (unpaired) electrons. The molecule has 0 aromatic rings. The van der Waals surface area contributed by atoms with Gasteiger partial charge in [-0.1, -0.05) is 13.3 Å². The monoisotopic (exact) mass is 340 g/mol. The molecule has 0 saturated carbocycles. The van der Waals surface area contributed by atoms with Crippen molar-refractivity contribution >= 4 is 23.9 Å². The number of hydrogen-bond donors (Lipinski definition) is 0. The van der Waals surface area contributed by atoms with Gasteiger partial charge in [-0.2, -0.15) is 4.99 Å². The van der Waals surface area contributed by atoms with Crippen LogP contribution >= 0.6 is 0 Å². The fourth-order valence-corrected chi connectivity index (χ4v) is 1.68. The van der Waals surface area contributed by atoms with Crippen LogP contribution in [0.25, 0.3) is 0 Å². The molecule has 1 unspecified atom stereocenters. The smallest absolute Gasteiger partial charge is 0.313 e. The molecular weight excluding hydrogens is 312 g/mol. The highest BCUT2D eigenvalue weighted by molar-refractivity contribution is 5.94. The van der Waals surface area contributed by atoms with E-state index in [-0.39, 0.29) is 17.7 Å². The van der Waals surface area contributed by atoms with Gasteiger partial charge in [0.15, 0.2) is 0 Å². The van der Waals surface area contributed by atoms with Gasteiger partial charge in [0, 0.05) is 0 Å². The average molecular weight is 340 g/mol. The highest BCUT2D eigenvalue weighted by Crippen LogP contribution is 2.25. The van der Waals surface area contributed by atoms with Gasteiger partial charge >= 0.3 is 5.97 Å².